The first-order valence-electron chi connectivity index (χ1n) is 9.44. The second-order valence-corrected chi connectivity index (χ2v) is 7.85. The van der Waals surface area contributed by atoms with E-state index in [1.165, 1.54) is 12.1 Å². The Bertz CT molecular complexity index is 1250. The minimum absolute atomic E-state index is 0.248. The summed E-state index contributed by atoms with van der Waals surface area (Å²) >= 11 is 3.36. The van der Waals surface area contributed by atoms with Gasteiger partial charge in [-0.25, -0.2) is 9.82 Å². The van der Waals surface area contributed by atoms with Gasteiger partial charge in [-0.05, 0) is 48.9 Å². The summed E-state index contributed by atoms with van der Waals surface area (Å²) in [5, 5.41) is 5.23. The topological polar surface area (TPSA) is 46.4 Å². The Kier molecular flexibility index (Phi) is 5.77. The molecule has 0 saturated heterocycles. The van der Waals surface area contributed by atoms with Gasteiger partial charge in [0.1, 0.15) is 5.82 Å². The smallest absolute Gasteiger partial charge is 0.271 e. The first-order valence-corrected chi connectivity index (χ1v) is 10.2. The Morgan fingerprint density at radius 3 is 2.63 bits per heavy atom. The minimum Gasteiger partial charge on any atom is -0.340 e. The predicted molar refractivity (Wildman–Crippen MR) is 121 cm³/mol. The quantitative estimate of drug-likeness (QED) is 0.301. The van der Waals surface area contributed by atoms with Crippen LogP contribution in [0.15, 0.2) is 82.4 Å². The number of amides is 1. The van der Waals surface area contributed by atoms with Crippen LogP contribution in [0.3, 0.4) is 0 Å². The molecule has 1 N–H and O–H groups in total. The van der Waals surface area contributed by atoms with Gasteiger partial charge in [-0.2, -0.15) is 5.10 Å². The van der Waals surface area contributed by atoms with E-state index in [1.54, 1.807) is 36.5 Å². The molecule has 4 aromatic rings. The number of aromatic nitrogens is 1. The lowest BCUT2D eigenvalue weighted by molar-refractivity contribution is 0.0955. The molecule has 0 atom stereocenters. The van der Waals surface area contributed by atoms with Crippen molar-refractivity contribution in [3.8, 4) is 0 Å². The number of hydrazone groups is 1. The molecule has 0 aliphatic rings. The molecule has 0 radical (unpaired) electrons. The Labute approximate surface area is 182 Å². The van der Waals surface area contributed by atoms with Crippen LogP contribution in [0.2, 0.25) is 0 Å². The molecule has 1 amide bonds. The maximum atomic E-state index is 13.2. The Hall–Kier alpha value is -3.25. The van der Waals surface area contributed by atoms with Gasteiger partial charge in [-0.15, -0.1) is 0 Å². The van der Waals surface area contributed by atoms with E-state index in [0.717, 1.165) is 32.2 Å². The molecule has 0 aliphatic heterocycles. The molecule has 0 aliphatic carbocycles. The van der Waals surface area contributed by atoms with E-state index in [4.69, 9.17) is 0 Å². The molecule has 0 spiro atoms. The molecule has 4 nitrogen and oxygen atoms in total. The van der Waals surface area contributed by atoms with Crippen LogP contribution in [0, 0.1) is 12.7 Å². The number of para-hydroxylation sites is 1. The van der Waals surface area contributed by atoms with Crippen molar-refractivity contribution in [2.24, 2.45) is 5.10 Å². The molecule has 1 aromatic heterocycles. The highest BCUT2D eigenvalue weighted by Crippen LogP contribution is 2.25. The maximum absolute atomic E-state index is 13.2. The zero-order valence-electron chi connectivity index (χ0n) is 16.3. The monoisotopic (exact) mass is 463 g/mol. The maximum Gasteiger partial charge on any atom is 0.271 e. The second kappa shape index (κ2) is 8.63. The number of benzene rings is 3. The van der Waals surface area contributed by atoms with E-state index < -0.39 is 0 Å². The first kappa shape index (κ1) is 20.0. The van der Waals surface area contributed by atoms with Crippen LogP contribution in [0.5, 0.6) is 0 Å². The Morgan fingerprint density at radius 1 is 1.10 bits per heavy atom. The van der Waals surface area contributed by atoms with Crippen molar-refractivity contribution in [1.29, 1.82) is 0 Å². The average Bonchev–Trinajstić information content (AvgIpc) is 3.01. The molecular formula is C24H19BrFN3O. The van der Waals surface area contributed by atoms with Gasteiger partial charge in [0.25, 0.3) is 5.91 Å². The number of nitrogens with one attached hydrogen (secondary N) is 1. The minimum atomic E-state index is -0.278. The molecule has 0 bridgehead atoms. The summed E-state index contributed by atoms with van der Waals surface area (Å²) in [5.74, 6) is -0.526. The van der Waals surface area contributed by atoms with Crippen LogP contribution in [-0.2, 0) is 6.54 Å². The fraction of sp³-hybridized carbons (Fsp3) is 0.0833. The highest BCUT2D eigenvalue weighted by atomic mass is 79.9. The Balaban J connectivity index is 1.62. The standard InChI is InChI=1S/C24H19BrFN3O/c1-16-22(14-27-28-24(30)18-5-4-6-19(25)13-18)21-7-2-3-8-23(21)29(16)15-17-9-11-20(26)12-10-17/h2-14H,15H2,1H3,(H,28,30)/b27-14-. The zero-order chi connectivity index (χ0) is 21.1. The Morgan fingerprint density at radius 2 is 1.87 bits per heavy atom. The summed E-state index contributed by atoms with van der Waals surface area (Å²) in [5.41, 5.74) is 7.12. The van der Waals surface area contributed by atoms with E-state index in [2.05, 4.69) is 31.0 Å². The molecule has 0 saturated carbocycles. The van der Waals surface area contributed by atoms with Crippen molar-refractivity contribution >= 4 is 39.0 Å². The number of halogens is 2. The molecule has 30 heavy (non-hydrogen) atoms. The molecule has 0 unspecified atom stereocenters. The second-order valence-electron chi connectivity index (χ2n) is 6.94. The van der Waals surface area contributed by atoms with Crippen LogP contribution < -0.4 is 5.43 Å². The molecule has 1 heterocycles. The van der Waals surface area contributed by atoms with Crippen LogP contribution in [0.25, 0.3) is 10.9 Å². The molecule has 150 valence electrons. The predicted octanol–water partition coefficient (Wildman–Crippen LogP) is 5.66. The lowest BCUT2D eigenvalue weighted by Crippen LogP contribution is -2.17. The van der Waals surface area contributed by atoms with E-state index >= 15 is 0 Å². The summed E-state index contributed by atoms with van der Waals surface area (Å²) in [4.78, 5) is 12.3. The van der Waals surface area contributed by atoms with Gasteiger partial charge < -0.3 is 4.57 Å². The SMILES string of the molecule is Cc1c(/C=N\NC(=O)c2cccc(Br)c2)c2ccccc2n1Cc1ccc(F)cc1. The summed E-state index contributed by atoms with van der Waals surface area (Å²) in [6, 6.07) is 21.7. The summed E-state index contributed by atoms with van der Waals surface area (Å²) in [6.07, 6.45) is 1.68. The number of carbonyl (C=O) groups is 1. The summed E-state index contributed by atoms with van der Waals surface area (Å²) < 4.78 is 16.2. The van der Waals surface area contributed by atoms with Gasteiger partial charge in [0.05, 0.1) is 6.21 Å². The normalized spacial score (nSPS) is 11.3. The molecule has 3 aromatic carbocycles. The number of carbonyl (C=O) groups excluding carboxylic acids is 1. The van der Waals surface area contributed by atoms with E-state index in [9.17, 15) is 9.18 Å². The molecule has 6 heteroatoms. The van der Waals surface area contributed by atoms with E-state index in [0.29, 0.717) is 12.1 Å². The van der Waals surface area contributed by atoms with Gasteiger partial charge in [-0.1, -0.05) is 52.3 Å². The van der Waals surface area contributed by atoms with Gasteiger partial charge in [-0.3, -0.25) is 4.79 Å². The van der Waals surface area contributed by atoms with Crippen molar-refractivity contribution in [2.45, 2.75) is 13.5 Å². The molecular weight excluding hydrogens is 445 g/mol. The third-order valence-electron chi connectivity index (χ3n) is 4.98. The van der Waals surface area contributed by atoms with Gasteiger partial charge >= 0.3 is 0 Å². The van der Waals surface area contributed by atoms with Gasteiger partial charge in [0.2, 0.25) is 0 Å². The lowest BCUT2D eigenvalue weighted by atomic mass is 10.1. The van der Waals surface area contributed by atoms with Crippen molar-refractivity contribution in [3.05, 3.63) is 105 Å². The van der Waals surface area contributed by atoms with Crippen LogP contribution in [-0.4, -0.2) is 16.7 Å². The van der Waals surface area contributed by atoms with Crippen molar-refractivity contribution in [3.63, 3.8) is 0 Å². The summed E-state index contributed by atoms with van der Waals surface area (Å²) in [7, 11) is 0. The van der Waals surface area contributed by atoms with Crippen molar-refractivity contribution in [1.82, 2.24) is 9.99 Å². The number of fused-ring (bicyclic) bond motifs is 1. The van der Waals surface area contributed by atoms with Crippen LogP contribution in [0.4, 0.5) is 4.39 Å². The molecule has 4 rings (SSSR count). The highest BCUT2D eigenvalue weighted by molar-refractivity contribution is 9.10. The van der Waals surface area contributed by atoms with Gasteiger partial charge in [0, 0.05) is 38.7 Å². The van der Waals surface area contributed by atoms with Gasteiger partial charge in [0.15, 0.2) is 0 Å². The third-order valence-corrected chi connectivity index (χ3v) is 5.47. The first-order chi connectivity index (χ1) is 14.5. The number of rotatable bonds is 5. The lowest BCUT2D eigenvalue weighted by Gasteiger charge is -2.08. The van der Waals surface area contributed by atoms with E-state index in [-0.39, 0.29) is 11.7 Å². The fourth-order valence-electron chi connectivity index (χ4n) is 3.45. The number of hydrogen-bond acceptors (Lipinski definition) is 2. The van der Waals surface area contributed by atoms with E-state index in [1.807, 2.05) is 37.3 Å². The zero-order valence-corrected chi connectivity index (χ0v) is 17.9. The highest BCUT2D eigenvalue weighted by Gasteiger charge is 2.13. The number of nitrogens with zero attached hydrogens (tertiary/aromatic N) is 2. The third kappa shape index (κ3) is 4.19. The van der Waals surface area contributed by atoms with Crippen molar-refractivity contribution < 1.29 is 9.18 Å². The largest absolute Gasteiger partial charge is 0.340 e. The average molecular weight is 464 g/mol. The van der Waals surface area contributed by atoms with Crippen LogP contribution in [0.1, 0.15) is 27.2 Å². The van der Waals surface area contributed by atoms with Crippen molar-refractivity contribution in [2.75, 3.05) is 0 Å². The van der Waals surface area contributed by atoms with Crippen LogP contribution >= 0.6 is 15.9 Å². The molecule has 0 fully saturated rings. The fourth-order valence-corrected chi connectivity index (χ4v) is 3.85. The summed E-state index contributed by atoms with van der Waals surface area (Å²) in [6.45, 7) is 2.63. The number of hydrogen-bond donors (Lipinski definition) is 1.